The average molecular weight is 331 g/mol. The molecule has 6 heteroatoms. The zero-order valence-corrected chi connectivity index (χ0v) is 11.9. The zero-order chi connectivity index (χ0) is 13.3. The van der Waals surface area contributed by atoms with E-state index in [1.165, 1.54) is 6.07 Å². The molecule has 3 nitrogen and oxygen atoms in total. The van der Waals surface area contributed by atoms with Gasteiger partial charge < -0.3 is 11.1 Å². The first kappa shape index (κ1) is 13.4. The number of hydrogen-bond donors (Lipinski definition) is 2. The Hall–Kier alpha value is -1.01. The van der Waals surface area contributed by atoms with Crippen molar-refractivity contribution in [1.82, 2.24) is 0 Å². The van der Waals surface area contributed by atoms with Gasteiger partial charge in [0.2, 0.25) is 5.91 Å². The lowest BCUT2D eigenvalue weighted by molar-refractivity contribution is -0.125. The van der Waals surface area contributed by atoms with Crippen LogP contribution in [0.1, 0.15) is 19.3 Å². The second-order valence-electron chi connectivity index (χ2n) is 4.38. The van der Waals surface area contributed by atoms with Crippen molar-refractivity contribution in [2.45, 2.75) is 19.3 Å². The summed E-state index contributed by atoms with van der Waals surface area (Å²) in [7, 11) is 0. The van der Waals surface area contributed by atoms with Gasteiger partial charge in [-0.25, -0.2) is 4.39 Å². The first-order valence-corrected chi connectivity index (χ1v) is 6.72. The fourth-order valence-electron chi connectivity index (χ4n) is 1.94. The molecular formula is C12H12BrFN2OS. The lowest BCUT2D eigenvalue weighted by atomic mass is 9.68. The molecule has 0 aromatic heterocycles. The molecule has 1 saturated carbocycles. The highest BCUT2D eigenvalue weighted by atomic mass is 79.9. The van der Waals surface area contributed by atoms with Crippen LogP contribution in [0.4, 0.5) is 10.1 Å². The molecule has 1 fully saturated rings. The van der Waals surface area contributed by atoms with E-state index in [0.29, 0.717) is 23.0 Å². The van der Waals surface area contributed by atoms with Gasteiger partial charge in [-0.15, -0.1) is 0 Å². The summed E-state index contributed by atoms with van der Waals surface area (Å²) < 4.78 is 13.7. The Bertz CT molecular complexity index is 517. The van der Waals surface area contributed by atoms with E-state index in [2.05, 4.69) is 21.2 Å². The van der Waals surface area contributed by atoms with Crippen LogP contribution in [0, 0.1) is 11.2 Å². The Labute approximate surface area is 118 Å². The fraction of sp³-hybridized carbons (Fsp3) is 0.333. The largest absolute Gasteiger partial charge is 0.392 e. The van der Waals surface area contributed by atoms with E-state index in [9.17, 15) is 9.18 Å². The quantitative estimate of drug-likeness (QED) is 0.838. The van der Waals surface area contributed by atoms with Crippen LogP contribution in [0.25, 0.3) is 0 Å². The molecule has 0 heterocycles. The Morgan fingerprint density at radius 1 is 1.50 bits per heavy atom. The lowest BCUT2D eigenvalue weighted by Crippen LogP contribution is -2.50. The van der Waals surface area contributed by atoms with E-state index < -0.39 is 11.2 Å². The highest BCUT2D eigenvalue weighted by Gasteiger charge is 2.46. The standard InChI is InChI=1S/C12H12BrFN2OS/c13-8-3-2-7(6-9(8)14)16-11(17)12(10(15)18)4-1-5-12/h2-3,6H,1,4-5H2,(H2,15,18)(H,16,17). The molecule has 1 amide bonds. The third-order valence-electron chi connectivity index (χ3n) is 3.29. The summed E-state index contributed by atoms with van der Waals surface area (Å²) in [6.45, 7) is 0. The molecule has 2 rings (SSSR count). The van der Waals surface area contributed by atoms with Crippen LogP contribution in [0.15, 0.2) is 22.7 Å². The summed E-state index contributed by atoms with van der Waals surface area (Å²) >= 11 is 8.01. The van der Waals surface area contributed by atoms with E-state index >= 15 is 0 Å². The topological polar surface area (TPSA) is 55.1 Å². The fourth-order valence-corrected chi connectivity index (χ4v) is 2.48. The highest BCUT2D eigenvalue weighted by Crippen LogP contribution is 2.42. The normalized spacial score (nSPS) is 16.8. The van der Waals surface area contributed by atoms with E-state index in [-0.39, 0.29) is 10.9 Å². The molecular weight excluding hydrogens is 319 g/mol. The summed E-state index contributed by atoms with van der Waals surface area (Å²) in [4.78, 5) is 12.4. The van der Waals surface area contributed by atoms with Gasteiger partial charge in [0.05, 0.1) is 14.9 Å². The first-order valence-electron chi connectivity index (χ1n) is 5.52. The Kier molecular flexibility index (Phi) is 3.68. The predicted molar refractivity (Wildman–Crippen MR) is 75.8 cm³/mol. The molecule has 0 unspecified atom stereocenters. The summed E-state index contributed by atoms with van der Waals surface area (Å²) in [6.07, 6.45) is 2.25. The van der Waals surface area contributed by atoms with E-state index in [1.807, 2.05) is 0 Å². The second kappa shape index (κ2) is 4.93. The Balaban J connectivity index is 2.16. The van der Waals surface area contributed by atoms with Crippen molar-refractivity contribution in [2.24, 2.45) is 11.1 Å². The number of thiocarbonyl (C=S) groups is 1. The molecule has 0 spiro atoms. The van der Waals surface area contributed by atoms with Gasteiger partial charge in [-0.05, 0) is 47.0 Å². The van der Waals surface area contributed by atoms with Crippen molar-refractivity contribution >= 4 is 44.7 Å². The minimum absolute atomic E-state index is 0.212. The zero-order valence-electron chi connectivity index (χ0n) is 9.50. The van der Waals surface area contributed by atoms with Gasteiger partial charge in [0.1, 0.15) is 5.82 Å². The van der Waals surface area contributed by atoms with Crippen LogP contribution in [0.5, 0.6) is 0 Å². The number of rotatable bonds is 3. The van der Waals surface area contributed by atoms with Gasteiger partial charge in [0.15, 0.2) is 0 Å². The van der Waals surface area contributed by atoms with Gasteiger partial charge >= 0.3 is 0 Å². The van der Waals surface area contributed by atoms with Crippen LogP contribution in [0.3, 0.4) is 0 Å². The number of benzene rings is 1. The smallest absolute Gasteiger partial charge is 0.237 e. The first-order chi connectivity index (χ1) is 8.45. The second-order valence-corrected chi connectivity index (χ2v) is 5.68. The number of carbonyl (C=O) groups excluding carboxylic acids is 1. The molecule has 1 aromatic carbocycles. The number of hydrogen-bond acceptors (Lipinski definition) is 2. The van der Waals surface area contributed by atoms with Crippen molar-refractivity contribution in [3.05, 3.63) is 28.5 Å². The number of nitrogens with two attached hydrogens (primary N) is 1. The van der Waals surface area contributed by atoms with Crippen LogP contribution in [0.2, 0.25) is 0 Å². The Morgan fingerprint density at radius 2 is 2.17 bits per heavy atom. The summed E-state index contributed by atoms with van der Waals surface area (Å²) in [5.74, 6) is -0.672. The number of halogens is 2. The van der Waals surface area contributed by atoms with Gasteiger partial charge in [0.25, 0.3) is 0 Å². The van der Waals surface area contributed by atoms with Gasteiger partial charge in [-0.2, -0.15) is 0 Å². The van der Waals surface area contributed by atoms with Crippen molar-refractivity contribution in [2.75, 3.05) is 5.32 Å². The monoisotopic (exact) mass is 330 g/mol. The molecule has 1 aliphatic rings. The van der Waals surface area contributed by atoms with Crippen LogP contribution >= 0.6 is 28.1 Å². The van der Waals surface area contributed by atoms with E-state index in [0.717, 1.165) is 6.42 Å². The van der Waals surface area contributed by atoms with Gasteiger partial charge in [-0.1, -0.05) is 18.6 Å². The molecule has 3 N–H and O–H groups in total. The van der Waals surface area contributed by atoms with Crippen molar-refractivity contribution < 1.29 is 9.18 Å². The van der Waals surface area contributed by atoms with Crippen molar-refractivity contribution in [3.63, 3.8) is 0 Å². The predicted octanol–water partition coefficient (Wildman–Crippen LogP) is 2.98. The third-order valence-corrected chi connectivity index (χ3v) is 4.32. The summed E-state index contributed by atoms with van der Waals surface area (Å²) in [5, 5.41) is 2.67. The van der Waals surface area contributed by atoms with Crippen LogP contribution in [-0.4, -0.2) is 10.9 Å². The maximum atomic E-state index is 13.3. The van der Waals surface area contributed by atoms with Crippen molar-refractivity contribution in [3.8, 4) is 0 Å². The minimum Gasteiger partial charge on any atom is -0.392 e. The molecule has 0 saturated heterocycles. The number of anilines is 1. The van der Waals surface area contributed by atoms with Crippen molar-refractivity contribution in [1.29, 1.82) is 0 Å². The lowest BCUT2D eigenvalue weighted by Gasteiger charge is -2.39. The van der Waals surface area contributed by atoms with Crippen LogP contribution in [-0.2, 0) is 4.79 Å². The third kappa shape index (κ3) is 2.27. The number of carbonyl (C=O) groups is 1. The maximum absolute atomic E-state index is 13.3. The van der Waals surface area contributed by atoms with E-state index in [4.69, 9.17) is 18.0 Å². The van der Waals surface area contributed by atoms with Gasteiger partial charge in [0, 0.05) is 5.69 Å². The molecule has 0 bridgehead atoms. The maximum Gasteiger partial charge on any atom is 0.237 e. The Morgan fingerprint density at radius 3 is 2.61 bits per heavy atom. The minimum atomic E-state index is -0.751. The molecule has 18 heavy (non-hydrogen) atoms. The summed E-state index contributed by atoms with van der Waals surface area (Å²) in [5.41, 5.74) is 5.28. The number of nitrogens with one attached hydrogen (secondary N) is 1. The molecule has 1 aliphatic carbocycles. The highest BCUT2D eigenvalue weighted by molar-refractivity contribution is 9.10. The SMILES string of the molecule is NC(=S)C1(C(=O)Nc2ccc(Br)c(F)c2)CCC1. The van der Waals surface area contributed by atoms with E-state index in [1.54, 1.807) is 12.1 Å². The van der Waals surface area contributed by atoms with Gasteiger partial charge in [-0.3, -0.25) is 4.79 Å². The average Bonchev–Trinajstić information content (AvgIpc) is 2.21. The molecule has 0 aliphatic heterocycles. The molecule has 1 aromatic rings. The molecule has 0 radical (unpaired) electrons. The summed E-state index contributed by atoms with van der Waals surface area (Å²) in [6, 6.07) is 4.42. The molecule has 0 atom stereocenters. The molecule has 96 valence electrons. The number of amides is 1. The van der Waals surface area contributed by atoms with Crippen LogP contribution < -0.4 is 11.1 Å².